The second kappa shape index (κ2) is 6.56. The molecule has 2 atom stereocenters. The predicted octanol–water partition coefficient (Wildman–Crippen LogP) is 1.30. The molecule has 0 radical (unpaired) electrons. The van der Waals surface area contributed by atoms with Crippen molar-refractivity contribution >= 4 is 11.7 Å². The maximum absolute atomic E-state index is 11.7. The minimum Gasteiger partial charge on any atom is -0.388 e. The van der Waals surface area contributed by atoms with Crippen LogP contribution in [0.2, 0.25) is 0 Å². The number of anilines is 1. The van der Waals surface area contributed by atoms with Gasteiger partial charge in [0.05, 0.1) is 11.3 Å². The quantitative estimate of drug-likeness (QED) is 0.760. The monoisotopic (exact) mass is 281 g/mol. The summed E-state index contributed by atoms with van der Waals surface area (Å²) in [6, 6.07) is 2.51. The molecule has 0 aliphatic rings. The molecule has 3 N–H and O–H groups in total. The molecule has 0 spiro atoms. The van der Waals surface area contributed by atoms with Crippen molar-refractivity contribution in [2.45, 2.75) is 32.8 Å². The summed E-state index contributed by atoms with van der Waals surface area (Å²) in [6.45, 7) is 5.80. The van der Waals surface area contributed by atoms with Crippen molar-refractivity contribution in [2.24, 2.45) is 13.0 Å². The van der Waals surface area contributed by atoms with Gasteiger partial charge in [-0.25, -0.2) is 4.79 Å². The fourth-order valence-electron chi connectivity index (χ4n) is 1.72. The molecule has 0 aromatic carbocycles. The summed E-state index contributed by atoms with van der Waals surface area (Å²) in [5.74, 6) is 0.0837. The Morgan fingerprint density at radius 1 is 1.50 bits per heavy atom. The van der Waals surface area contributed by atoms with Crippen LogP contribution in [0, 0.1) is 5.92 Å². The highest BCUT2D eigenvalue weighted by Crippen LogP contribution is 2.18. The van der Waals surface area contributed by atoms with E-state index >= 15 is 0 Å². The van der Waals surface area contributed by atoms with Gasteiger partial charge in [-0.1, -0.05) is 20.3 Å². The van der Waals surface area contributed by atoms with Gasteiger partial charge in [0.1, 0.15) is 0 Å². The van der Waals surface area contributed by atoms with Gasteiger partial charge in [0.15, 0.2) is 0 Å². The van der Waals surface area contributed by atoms with Crippen molar-refractivity contribution in [3.05, 3.63) is 28.7 Å². The molecule has 2 unspecified atom stereocenters. The minimum absolute atomic E-state index is 0.0837. The molecule has 0 aliphatic heterocycles. The van der Waals surface area contributed by atoms with Crippen LogP contribution in [0.4, 0.5) is 10.5 Å². The lowest BCUT2D eigenvalue weighted by Gasteiger charge is -2.29. The lowest BCUT2D eigenvalue weighted by molar-refractivity contribution is 0.00827. The van der Waals surface area contributed by atoms with Gasteiger partial charge in [0.25, 0.3) is 0 Å². The zero-order valence-corrected chi connectivity index (χ0v) is 12.4. The molecule has 6 heteroatoms. The Morgan fingerprint density at radius 2 is 2.15 bits per heavy atom. The van der Waals surface area contributed by atoms with E-state index in [0.29, 0.717) is 5.69 Å². The summed E-state index contributed by atoms with van der Waals surface area (Å²) >= 11 is 0. The van der Waals surface area contributed by atoms with Crippen molar-refractivity contribution in [2.75, 3.05) is 11.9 Å². The second-order valence-electron chi connectivity index (χ2n) is 5.34. The zero-order chi connectivity index (χ0) is 15.3. The van der Waals surface area contributed by atoms with Gasteiger partial charge in [-0.2, -0.15) is 0 Å². The maximum Gasteiger partial charge on any atom is 0.319 e. The number of aromatic nitrogens is 1. The van der Waals surface area contributed by atoms with E-state index in [9.17, 15) is 14.7 Å². The molecule has 0 saturated carbocycles. The molecule has 6 nitrogen and oxygen atoms in total. The van der Waals surface area contributed by atoms with E-state index in [0.717, 1.165) is 6.42 Å². The van der Waals surface area contributed by atoms with Crippen molar-refractivity contribution in [1.29, 1.82) is 0 Å². The highest BCUT2D eigenvalue weighted by molar-refractivity contribution is 5.89. The number of aliphatic hydroxyl groups is 1. The minimum atomic E-state index is -0.949. The van der Waals surface area contributed by atoms with Crippen LogP contribution >= 0.6 is 0 Å². The molecule has 0 fully saturated rings. The predicted molar refractivity (Wildman–Crippen MR) is 78.8 cm³/mol. The molecule has 1 aromatic heterocycles. The fraction of sp³-hybridized carbons (Fsp3) is 0.571. The third kappa shape index (κ3) is 4.38. The Morgan fingerprint density at radius 3 is 2.70 bits per heavy atom. The van der Waals surface area contributed by atoms with E-state index in [2.05, 4.69) is 10.6 Å². The Hall–Kier alpha value is -1.82. The summed E-state index contributed by atoms with van der Waals surface area (Å²) in [5, 5.41) is 15.4. The summed E-state index contributed by atoms with van der Waals surface area (Å²) in [6.07, 6.45) is 2.37. The SMILES string of the molecule is CCC(C)C(C)(O)CNC(=O)Nc1ccc(=O)n(C)c1. The average molecular weight is 281 g/mol. The molecule has 1 aromatic rings. The Bertz CT molecular complexity index is 523. The van der Waals surface area contributed by atoms with Gasteiger partial charge >= 0.3 is 6.03 Å². The summed E-state index contributed by atoms with van der Waals surface area (Å²) in [4.78, 5) is 23.0. The molecule has 1 rings (SSSR count). The van der Waals surface area contributed by atoms with Gasteiger partial charge < -0.3 is 20.3 Å². The average Bonchev–Trinajstić information content (AvgIpc) is 2.40. The number of pyridine rings is 1. The van der Waals surface area contributed by atoms with Crippen LogP contribution < -0.4 is 16.2 Å². The lowest BCUT2D eigenvalue weighted by atomic mass is 9.89. The number of amides is 2. The number of rotatable bonds is 5. The molecule has 1 heterocycles. The van der Waals surface area contributed by atoms with Crippen LogP contribution in [0.1, 0.15) is 27.2 Å². The molecule has 2 amide bonds. The number of hydrogen-bond donors (Lipinski definition) is 3. The first-order valence-corrected chi connectivity index (χ1v) is 6.70. The molecular weight excluding hydrogens is 258 g/mol. The molecule has 0 bridgehead atoms. The van der Waals surface area contributed by atoms with Crippen LogP contribution in [-0.4, -0.2) is 27.9 Å². The number of carbonyl (C=O) groups is 1. The molecule has 112 valence electrons. The van der Waals surface area contributed by atoms with Crippen LogP contribution in [0.25, 0.3) is 0 Å². The first-order chi connectivity index (χ1) is 9.26. The number of carbonyl (C=O) groups excluding carboxylic acids is 1. The topological polar surface area (TPSA) is 83.4 Å². The van der Waals surface area contributed by atoms with E-state index in [1.165, 1.54) is 22.9 Å². The van der Waals surface area contributed by atoms with Crippen LogP contribution in [0.15, 0.2) is 23.1 Å². The molecule has 0 aliphatic carbocycles. The summed E-state index contributed by atoms with van der Waals surface area (Å²) in [7, 11) is 1.61. The van der Waals surface area contributed by atoms with E-state index in [-0.39, 0.29) is 18.0 Å². The number of nitrogens with one attached hydrogen (secondary N) is 2. The number of nitrogens with zero attached hydrogens (tertiary/aromatic N) is 1. The Kier molecular flexibility index (Phi) is 5.33. The van der Waals surface area contributed by atoms with Crippen molar-refractivity contribution < 1.29 is 9.90 Å². The fourth-order valence-corrected chi connectivity index (χ4v) is 1.72. The summed E-state index contributed by atoms with van der Waals surface area (Å²) in [5.41, 5.74) is -0.571. The third-order valence-electron chi connectivity index (χ3n) is 3.62. The second-order valence-corrected chi connectivity index (χ2v) is 5.34. The van der Waals surface area contributed by atoms with Crippen molar-refractivity contribution in [3.8, 4) is 0 Å². The summed E-state index contributed by atoms with van der Waals surface area (Å²) < 4.78 is 1.38. The number of hydrogen-bond acceptors (Lipinski definition) is 3. The van der Waals surface area contributed by atoms with Gasteiger partial charge in [-0.15, -0.1) is 0 Å². The standard InChI is InChI=1S/C14H23N3O3/c1-5-10(2)14(3,20)9-15-13(19)16-11-6-7-12(18)17(4)8-11/h6-8,10,20H,5,9H2,1-4H3,(H2,15,16,19). The number of urea groups is 1. The largest absolute Gasteiger partial charge is 0.388 e. The van der Waals surface area contributed by atoms with Crippen LogP contribution in [0.3, 0.4) is 0 Å². The van der Waals surface area contributed by atoms with Crippen molar-refractivity contribution in [1.82, 2.24) is 9.88 Å². The van der Waals surface area contributed by atoms with E-state index in [4.69, 9.17) is 0 Å². The van der Waals surface area contributed by atoms with Gasteiger partial charge in [0, 0.05) is 25.9 Å². The van der Waals surface area contributed by atoms with Gasteiger partial charge in [0.2, 0.25) is 5.56 Å². The smallest absolute Gasteiger partial charge is 0.319 e. The molecular formula is C14H23N3O3. The normalized spacial score (nSPS) is 15.2. The molecule has 20 heavy (non-hydrogen) atoms. The number of aryl methyl sites for hydroxylation is 1. The lowest BCUT2D eigenvalue weighted by Crippen LogP contribution is -2.46. The first kappa shape index (κ1) is 16.2. The van der Waals surface area contributed by atoms with Crippen LogP contribution in [-0.2, 0) is 7.05 Å². The van der Waals surface area contributed by atoms with Crippen LogP contribution in [0.5, 0.6) is 0 Å². The first-order valence-electron chi connectivity index (χ1n) is 6.70. The van der Waals surface area contributed by atoms with E-state index in [1.54, 1.807) is 14.0 Å². The molecule has 0 saturated heterocycles. The van der Waals surface area contributed by atoms with Gasteiger partial charge in [-0.05, 0) is 18.9 Å². The van der Waals surface area contributed by atoms with Gasteiger partial charge in [-0.3, -0.25) is 4.79 Å². The van der Waals surface area contributed by atoms with E-state index in [1.807, 2.05) is 13.8 Å². The Balaban J connectivity index is 2.56. The highest BCUT2D eigenvalue weighted by atomic mass is 16.3. The Labute approximate surface area is 118 Å². The third-order valence-corrected chi connectivity index (χ3v) is 3.62. The highest BCUT2D eigenvalue weighted by Gasteiger charge is 2.27. The van der Waals surface area contributed by atoms with Crippen molar-refractivity contribution in [3.63, 3.8) is 0 Å². The maximum atomic E-state index is 11.7. The van der Waals surface area contributed by atoms with E-state index < -0.39 is 11.6 Å². The zero-order valence-electron chi connectivity index (χ0n) is 12.4.